The van der Waals surface area contributed by atoms with Gasteiger partial charge in [-0.3, -0.25) is 0 Å². The Kier molecular flexibility index (Phi) is 4.81. The Morgan fingerprint density at radius 2 is 1.86 bits per heavy atom. The summed E-state index contributed by atoms with van der Waals surface area (Å²) in [6, 6.07) is 6.35. The lowest BCUT2D eigenvalue weighted by Gasteiger charge is -2.41. The lowest BCUT2D eigenvalue weighted by Crippen LogP contribution is -2.36. The van der Waals surface area contributed by atoms with Crippen LogP contribution >= 0.6 is 0 Å². The molecule has 21 heavy (non-hydrogen) atoms. The molecule has 0 heterocycles. The molecule has 1 atom stereocenters. The highest BCUT2D eigenvalue weighted by molar-refractivity contribution is 5.32. The van der Waals surface area contributed by atoms with Crippen LogP contribution in [0.4, 0.5) is 13.2 Å². The molecule has 2 nitrogen and oxygen atoms in total. The number of alkyl halides is 3. The Labute approximate surface area is 123 Å². The maximum atomic E-state index is 12.3. The minimum Gasteiger partial charge on any atom is -0.406 e. The molecule has 1 aliphatic rings. The van der Waals surface area contributed by atoms with Crippen molar-refractivity contribution in [1.29, 1.82) is 0 Å². The monoisotopic (exact) mass is 301 g/mol. The SMILES string of the molecule is CNC(c1cccc(OC(F)(F)F)c1)C1(C)CCCCC1. The molecule has 1 N–H and O–H groups in total. The molecule has 0 saturated heterocycles. The molecular formula is C16H22F3NO. The average molecular weight is 301 g/mol. The maximum absolute atomic E-state index is 12.3. The van der Waals surface area contributed by atoms with Crippen LogP contribution in [0.25, 0.3) is 0 Å². The third-order valence-corrected chi connectivity index (χ3v) is 4.41. The van der Waals surface area contributed by atoms with Crippen molar-refractivity contribution in [2.75, 3.05) is 7.05 Å². The van der Waals surface area contributed by atoms with Gasteiger partial charge in [0.1, 0.15) is 5.75 Å². The van der Waals surface area contributed by atoms with Crippen LogP contribution in [-0.2, 0) is 0 Å². The molecular weight excluding hydrogens is 279 g/mol. The van der Waals surface area contributed by atoms with Crippen molar-refractivity contribution in [2.24, 2.45) is 5.41 Å². The van der Waals surface area contributed by atoms with Crippen LogP contribution in [0.15, 0.2) is 24.3 Å². The second-order valence-electron chi connectivity index (χ2n) is 6.06. The van der Waals surface area contributed by atoms with Crippen LogP contribution in [0, 0.1) is 5.41 Å². The summed E-state index contributed by atoms with van der Waals surface area (Å²) in [4.78, 5) is 0. The minimum absolute atomic E-state index is 0.0367. The average Bonchev–Trinajstić information content (AvgIpc) is 2.38. The Hall–Kier alpha value is -1.23. The van der Waals surface area contributed by atoms with E-state index in [4.69, 9.17) is 0 Å². The number of hydrogen-bond acceptors (Lipinski definition) is 2. The topological polar surface area (TPSA) is 21.3 Å². The number of benzene rings is 1. The highest BCUT2D eigenvalue weighted by Gasteiger charge is 2.36. The van der Waals surface area contributed by atoms with E-state index in [1.54, 1.807) is 6.07 Å². The fourth-order valence-corrected chi connectivity index (χ4v) is 3.46. The standard InChI is InChI=1S/C16H22F3NO/c1-15(9-4-3-5-10-15)14(20-2)12-7-6-8-13(11-12)21-16(17,18)19/h6-8,11,14,20H,3-5,9-10H2,1-2H3. The zero-order valence-electron chi connectivity index (χ0n) is 12.5. The smallest absolute Gasteiger partial charge is 0.406 e. The number of hydrogen-bond donors (Lipinski definition) is 1. The second kappa shape index (κ2) is 6.26. The summed E-state index contributed by atoms with van der Waals surface area (Å²) in [6.45, 7) is 2.21. The normalized spacial score (nSPS) is 20.0. The molecule has 2 rings (SSSR count). The van der Waals surface area contributed by atoms with Crippen LogP contribution in [0.3, 0.4) is 0 Å². The second-order valence-corrected chi connectivity index (χ2v) is 6.06. The molecule has 0 aliphatic heterocycles. The first-order valence-corrected chi connectivity index (χ1v) is 7.37. The van der Waals surface area contributed by atoms with Crippen LogP contribution in [-0.4, -0.2) is 13.4 Å². The van der Waals surface area contributed by atoms with E-state index in [0.29, 0.717) is 0 Å². The summed E-state index contributed by atoms with van der Waals surface area (Å²) in [5, 5.41) is 3.28. The zero-order valence-corrected chi connectivity index (χ0v) is 12.5. The maximum Gasteiger partial charge on any atom is 0.573 e. The third kappa shape index (κ3) is 4.13. The van der Waals surface area contributed by atoms with E-state index in [0.717, 1.165) is 18.4 Å². The molecule has 1 aromatic rings. The van der Waals surface area contributed by atoms with Gasteiger partial charge in [-0.1, -0.05) is 38.3 Å². The van der Waals surface area contributed by atoms with Gasteiger partial charge in [-0.2, -0.15) is 0 Å². The van der Waals surface area contributed by atoms with Gasteiger partial charge in [0, 0.05) is 6.04 Å². The van der Waals surface area contributed by atoms with Gasteiger partial charge >= 0.3 is 6.36 Å². The first-order chi connectivity index (χ1) is 9.84. The van der Waals surface area contributed by atoms with Gasteiger partial charge in [0.05, 0.1) is 0 Å². The molecule has 0 spiro atoms. The molecule has 0 amide bonds. The number of rotatable bonds is 4. The highest BCUT2D eigenvalue weighted by atomic mass is 19.4. The number of halogens is 3. The predicted molar refractivity (Wildman–Crippen MR) is 76.1 cm³/mol. The summed E-state index contributed by atoms with van der Waals surface area (Å²) in [5.74, 6) is -0.153. The highest BCUT2D eigenvalue weighted by Crippen LogP contribution is 2.46. The van der Waals surface area contributed by atoms with E-state index in [2.05, 4.69) is 17.0 Å². The zero-order chi connectivity index (χ0) is 15.5. The number of nitrogens with one attached hydrogen (secondary N) is 1. The molecule has 1 saturated carbocycles. The molecule has 0 bridgehead atoms. The summed E-state index contributed by atoms with van der Waals surface area (Å²) >= 11 is 0. The summed E-state index contributed by atoms with van der Waals surface area (Å²) < 4.78 is 41.1. The van der Waals surface area contributed by atoms with Gasteiger partial charge in [0.2, 0.25) is 0 Å². The van der Waals surface area contributed by atoms with Crippen molar-refractivity contribution >= 4 is 0 Å². The van der Waals surface area contributed by atoms with Crippen molar-refractivity contribution in [3.63, 3.8) is 0 Å². The van der Waals surface area contributed by atoms with Crippen molar-refractivity contribution in [3.05, 3.63) is 29.8 Å². The number of ether oxygens (including phenoxy) is 1. The Bertz CT molecular complexity index is 467. The first kappa shape index (κ1) is 16.1. The molecule has 1 fully saturated rings. The van der Waals surface area contributed by atoms with E-state index in [1.807, 2.05) is 13.1 Å². The minimum atomic E-state index is -4.65. The summed E-state index contributed by atoms with van der Waals surface area (Å²) in [7, 11) is 1.86. The van der Waals surface area contributed by atoms with Gasteiger partial charge in [-0.05, 0) is 43.0 Å². The van der Waals surface area contributed by atoms with Gasteiger partial charge < -0.3 is 10.1 Å². The Morgan fingerprint density at radius 3 is 2.43 bits per heavy atom. The van der Waals surface area contributed by atoms with Crippen LogP contribution in [0.1, 0.15) is 50.6 Å². The molecule has 5 heteroatoms. The molecule has 1 aliphatic carbocycles. The van der Waals surface area contributed by atoms with Crippen molar-refractivity contribution in [3.8, 4) is 5.75 Å². The predicted octanol–water partition coefficient (Wildman–Crippen LogP) is 4.82. The molecule has 1 unspecified atom stereocenters. The van der Waals surface area contributed by atoms with Crippen molar-refractivity contribution < 1.29 is 17.9 Å². The lowest BCUT2D eigenvalue weighted by molar-refractivity contribution is -0.274. The molecule has 1 aromatic carbocycles. The summed E-state index contributed by atoms with van der Waals surface area (Å²) in [6.07, 6.45) is 1.11. The molecule has 0 radical (unpaired) electrons. The molecule has 0 aromatic heterocycles. The van der Waals surface area contributed by atoms with Crippen LogP contribution < -0.4 is 10.1 Å². The van der Waals surface area contributed by atoms with Gasteiger partial charge in [0.25, 0.3) is 0 Å². The largest absolute Gasteiger partial charge is 0.573 e. The third-order valence-electron chi connectivity index (χ3n) is 4.41. The van der Waals surface area contributed by atoms with Crippen LogP contribution in [0.2, 0.25) is 0 Å². The Morgan fingerprint density at radius 1 is 1.19 bits per heavy atom. The van der Waals surface area contributed by atoms with E-state index in [1.165, 1.54) is 31.4 Å². The first-order valence-electron chi connectivity index (χ1n) is 7.37. The van der Waals surface area contributed by atoms with Gasteiger partial charge in [0.15, 0.2) is 0 Å². The van der Waals surface area contributed by atoms with E-state index in [9.17, 15) is 13.2 Å². The van der Waals surface area contributed by atoms with Crippen molar-refractivity contribution in [2.45, 2.75) is 51.4 Å². The van der Waals surface area contributed by atoms with E-state index in [-0.39, 0.29) is 17.2 Å². The quantitative estimate of drug-likeness (QED) is 0.861. The fourth-order valence-electron chi connectivity index (χ4n) is 3.46. The van der Waals surface area contributed by atoms with Crippen molar-refractivity contribution in [1.82, 2.24) is 5.32 Å². The Balaban J connectivity index is 2.23. The van der Waals surface area contributed by atoms with Gasteiger partial charge in [-0.15, -0.1) is 13.2 Å². The van der Waals surface area contributed by atoms with Crippen LogP contribution in [0.5, 0.6) is 5.75 Å². The lowest BCUT2D eigenvalue weighted by atomic mass is 9.68. The fraction of sp³-hybridized carbons (Fsp3) is 0.625. The van der Waals surface area contributed by atoms with Gasteiger partial charge in [-0.25, -0.2) is 0 Å². The summed E-state index contributed by atoms with van der Waals surface area (Å²) in [5.41, 5.74) is 0.924. The molecule has 118 valence electrons. The van der Waals surface area contributed by atoms with E-state index >= 15 is 0 Å². The van der Waals surface area contributed by atoms with E-state index < -0.39 is 6.36 Å².